The van der Waals surface area contributed by atoms with Gasteiger partial charge in [-0.2, -0.15) is 0 Å². The van der Waals surface area contributed by atoms with Gasteiger partial charge < -0.3 is 4.90 Å². The van der Waals surface area contributed by atoms with E-state index in [0.29, 0.717) is 17.2 Å². The molecule has 1 aliphatic rings. The van der Waals surface area contributed by atoms with Gasteiger partial charge in [0, 0.05) is 24.3 Å². The van der Waals surface area contributed by atoms with Crippen molar-refractivity contribution in [1.82, 2.24) is 4.90 Å². The minimum atomic E-state index is 0.299. The Morgan fingerprint density at radius 3 is 2.53 bits per heavy atom. The summed E-state index contributed by atoms with van der Waals surface area (Å²) in [5, 5.41) is 0. The Bertz CT molecular complexity index is 358. The highest BCUT2D eigenvalue weighted by atomic mass is 79.9. The maximum Gasteiger partial charge on any atom is 0.222 e. The predicted octanol–water partition coefficient (Wildman–Crippen LogP) is 3.01. The van der Waals surface area contributed by atoms with Crippen molar-refractivity contribution in [3.63, 3.8) is 0 Å². The zero-order valence-corrected chi connectivity index (χ0v) is 11.5. The lowest BCUT2D eigenvalue weighted by atomic mass is 10.1. The summed E-state index contributed by atoms with van der Waals surface area (Å²) in [4.78, 5) is 14.6. The fourth-order valence-electron chi connectivity index (χ4n) is 2.15. The molecule has 17 heavy (non-hydrogen) atoms. The lowest BCUT2D eigenvalue weighted by Gasteiger charge is -2.29. The second-order valence-electron chi connectivity index (χ2n) is 4.54. The number of hydrogen-bond acceptors (Lipinski definition) is 1. The number of benzene rings is 1. The summed E-state index contributed by atoms with van der Waals surface area (Å²) >= 11 is 3.60. The number of nitrogens with zero attached hydrogens (tertiary/aromatic N) is 1. The molecule has 1 fully saturated rings. The van der Waals surface area contributed by atoms with Crippen LogP contribution in [0.4, 0.5) is 0 Å². The Hall–Kier alpha value is -0.830. The van der Waals surface area contributed by atoms with E-state index in [1.807, 2.05) is 23.1 Å². The van der Waals surface area contributed by atoms with E-state index < -0.39 is 0 Å². The Balaban J connectivity index is 1.78. The van der Waals surface area contributed by atoms with Crippen molar-refractivity contribution in [1.29, 1.82) is 0 Å². The van der Waals surface area contributed by atoms with E-state index in [1.54, 1.807) is 0 Å². The maximum atomic E-state index is 12.0. The Morgan fingerprint density at radius 2 is 1.88 bits per heavy atom. The van der Waals surface area contributed by atoms with Gasteiger partial charge in [-0.1, -0.05) is 46.3 Å². The Kier molecular flexibility index (Phi) is 4.60. The molecule has 0 aliphatic carbocycles. The SMILES string of the molecule is O=C(CCc1ccccc1)N1CCC(Br)CC1. The van der Waals surface area contributed by atoms with Crippen molar-refractivity contribution in [3.8, 4) is 0 Å². The first-order valence-corrected chi connectivity index (χ1v) is 7.13. The number of carbonyl (C=O) groups excluding carboxylic acids is 1. The monoisotopic (exact) mass is 295 g/mol. The van der Waals surface area contributed by atoms with Gasteiger partial charge in [-0.3, -0.25) is 4.79 Å². The summed E-state index contributed by atoms with van der Waals surface area (Å²) in [5.41, 5.74) is 1.25. The molecular formula is C14H18BrNO. The van der Waals surface area contributed by atoms with E-state index in [2.05, 4.69) is 28.1 Å². The number of piperidine rings is 1. The van der Waals surface area contributed by atoms with Crippen molar-refractivity contribution in [2.75, 3.05) is 13.1 Å². The number of hydrogen-bond donors (Lipinski definition) is 0. The lowest BCUT2D eigenvalue weighted by Crippen LogP contribution is -2.38. The van der Waals surface area contributed by atoms with E-state index >= 15 is 0 Å². The number of likely N-dealkylation sites (tertiary alicyclic amines) is 1. The average Bonchev–Trinajstić information content (AvgIpc) is 2.38. The van der Waals surface area contributed by atoms with Crippen molar-refractivity contribution in [2.45, 2.75) is 30.5 Å². The molecule has 1 heterocycles. The summed E-state index contributed by atoms with van der Waals surface area (Å²) in [6.45, 7) is 1.81. The van der Waals surface area contributed by atoms with E-state index in [1.165, 1.54) is 5.56 Å². The number of rotatable bonds is 3. The summed E-state index contributed by atoms with van der Waals surface area (Å²) in [7, 11) is 0. The lowest BCUT2D eigenvalue weighted by molar-refractivity contribution is -0.131. The highest BCUT2D eigenvalue weighted by Crippen LogP contribution is 2.18. The van der Waals surface area contributed by atoms with Gasteiger partial charge in [0.1, 0.15) is 0 Å². The van der Waals surface area contributed by atoms with Gasteiger partial charge in [-0.25, -0.2) is 0 Å². The molecule has 1 aromatic rings. The molecular weight excluding hydrogens is 278 g/mol. The fourth-order valence-corrected chi connectivity index (χ4v) is 2.56. The molecule has 1 saturated heterocycles. The molecule has 0 atom stereocenters. The number of alkyl halides is 1. The van der Waals surface area contributed by atoms with Gasteiger partial charge in [0.2, 0.25) is 5.91 Å². The van der Waals surface area contributed by atoms with Crippen LogP contribution in [-0.4, -0.2) is 28.7 Å². The first-order valence-electron chi connectivity index (χ1n) is 6.21. The van der Waals surface area contributed by atoms with Crippen molar-refractivity contribution in [2.24, 2.45) is 0 Å². The van der Waals surface area contributed by atoms with Gasteiger partial charge >= 0.3 is 0 Å². The molecule has 1 aliphatic heterocycles. The molecule has 3 heteroatoms. The largest absolute Gasteiger partial charge is 0.343 e. The molecule has 0 unspecified atom stereocenters. The molecule has 2 nitrogen and oxygen atoms in total. The van der Waals surface area contributed by atoms with Crippen LogP contribution in [0.2, 0.25) is 0 Å². The van der Waals surface area contributed by atoms with Crippen LogP contribution >= 0.6 is 15.9 Å². The molecule has 0 bridgehead atoms. The van der Waals surface area contributed by atoms with Gasteiger partial charge in [-0.05, 0) is 24.8 Å². The fraction of sp³-hybridized carbons (Fsp3) is 0.500. The second-order valence-corrected chi connectivity index (χ2v) is 5.84. The summed E-state index contributed by atoms with van der Waals surface area (Å²) < 4.78 is 0. The summed E-state index contributed by atoms with van der Waals surface area (Å²) in [5.74, 6) is 0.299. The smallest absolute Gasteiger partial charge is 0.222 e. The molecule has 0 N–H and O–H groups in total. The van der Waals surface area contributed by atoms with Crippen LogP contribution < -0.4 is 0 Å². The molecule has 1 amide bonds. The number of halogens is 1. The highest BCUT2D eigenvalue weighted by Gasteiger charge is 2.20. The van der Waals surface area contributed by atoms with Crippen LogP contribution in [0.15, 0.2) is 30.3 Å². The standard InChI is InChI=1S/C14H18BrNO/c15-13-8-10-16(11-9-13)14(17)7-6-12-4-2-1-3-5-12/h1-5,13H,6-11H2. The minimum Gasteiger partial charge on any atom is -0.343 e. The average molecular weight is 296 g/mol. The van der Waals surface area contributed by atoms with E-state index in [9.17, 15) is 4.79 Å². The molecule has 0 saturated carbocycles. The first-order chi connectivity index (χ1) is 8.25. The highest BCUT2D eigenvalue weighted by molar-refractivity contribution is 9.09. The first kappa shape index (κ1) is 12.6. The summed E-state index contributed by atoms with van der Waals surface area (Å²) in [6, 6.07) is 10.2. The summed E-state index contributed by atoms with van der Waals surface area (Å²) in [6.07, 6.45) is 3.65. The van der Waals surface area contributed by atoms with Gasteiger partial charge in [0.05, 0.1) is 0 Å². The maximum absolute atomic E-state index is 12.0. The van der Waals surface area contributed by atoms with Crippen LogP contribution in [-0.2, 0) is 11.2 Å². The minimum absolute atomic E-state index is 0.299. The Morgan fingerprint density at radius 1 is 1.24 bits per heavy atom. The molecule has 92 valence electrons. The molecule has 1 aromatic carbocycles. The van der Waals surface area contributed by atoms with Gasteiger partial charge in [-0.15, -0.1) is 0 Å². The third kappa shape index (κ3) is 3.84. The quantitative estimate of drug-likeness (QED) is 0.785. The van der Waals surface area contributed by atoms with Crippen LogP contribution in [0.1, 0.15) is 24.8 Å². The van der Waals surface area contributed by atoms with Crippen LogP contribution in [0.25, 0.3) is 0 Å². The van der Waals surface area contributed by atoms with Crippen molar-refractivity contribution < 1.29 is 4.79 Å². The van der Waals surface area contributed by atoms with Crippen molar-refractivity contribution >= 4 is 21.8 Å². The topological polar surface area (TPSA) is 20.3 Å². The number of carbonyl (C=O) groups is 1. The molecule has 0 spiro atoms. The molecule has 2 rings (SSSR count). The Labute approximate surface area is 111 Å². The molecule has 0 aromatic heterocycles. The van der Waals surface area contributed by atoms with Crippen LogP contribution in [0.3, 0.4) is 0 Å². The van der Waals surface area contributed by atoms with E-state index in [0.717, 1.165) is 32.4 Å². The number of amides is 1. The molecule has 0 radical (unpaired) electrons. The zero-order valence-electron chi connectivity index (χ0n) is 9.94. The van der Waals surface area contributed by atoms with Gasteiger partial charge in [0.15, 0.2) is 0 Å². The third-order valence-corrected chi connectivity index (χ3v) is 4.16. The van der Waals surface area contributed by atoms with Crippen LogP contribution in [0, 0.1) is 0 Å². The number of aryl methyl sites for hydroxylation is 1. The normalized spacial score (nSPS) is 17.1. The van der Waals surface area contributed by atoms with E-state index in [-0.39, 0.29) is 0 Å². The van der Waals surface area contributed by atoms with Crippen molar-refractivity contribution in [3.05, 3.63) is 35.9 Å². The zero-order chi connectivity index (χ0) is 12.1. The van der Waals surface area contributed by atoms with Gasteiger partial charge in [0.25, 0.3) is 0 Å². The third-order valence-electron chi connectivity index (χ3n) is 3.25. The predicted molar refractivity (Wildman–Crippen MR) is 73.3 cm³/mol. The second kappa shape index (κ2) is 6.20. The van der Waals surface area contributed by atoms with Crippen LogP contribution in [0.5, 0.6) is 0 Å². The van der Waals surface area contributed by atoms with E-state index in [4.69, 9.17) is 0 Å².